The maximum Gasteiger partial charge on any atom is 0.313 e. The molecule has 4 heterocycles. The number of nitrogen functional groups attached to an aromatic ring is 1. The lowest BCUT2D eigenvalue weighted by Gasteiger charge is -2.38. The van der Waals surface area contributed by atoms with E-state index in [1.807, 2.05) is 6.92 Å². The molecule has 0 spiro atoms. The molecule has 2 aliphatic heterocycles. The molecule has 200 valence electrons. The van der Waals surface area contributed by atoms with Gasteiger partial charge in [0.1, 0.15) is 11.6 Å². The smallest absolute Gasteiger partial charge is 0.313 e. The van der Waals surface area contributed by atoms with Gasteiger partial charge in [-0.15, -0.1) is 0 Å². The number of piperidine rings is 1. The van der Waals surface area contributed by atoms with Gasteiger partial charge < -0.3 is 20.5 Å². The van der Waals surface area contributed by atoms with Gasteiger partial charge in [-0.1, -0.05) is 19.9 Å². The van der Waals surface area contributed by atoms with Crippen LogP contribution in [0.4, 0.5) is 11.5 Å². The van der Waals surface area contributed by atoms with E-state index in [2.05, 4.69) is 44.9 Å². The molecule has 0 bridgehead atoms. The lowest BCUT2D eigenvalue weighted by Crippen LogP contribution is -2.46. The van der Waals surface area contributed by atoms with Crippen LogP contribution in [0.1, 0.15) is 62.5 Å². The van der Waals surface area contributed by atoms with Crippen LogP contribution in [-0.4, -0.2) is 61.8 Å². The van der Waals surface area contributed by atoms with Crippen molar-refractivity contribution in [3.8, 4) is 0 Å². The zero-order valence-corrected chi connectivity index (χ0v) is 22.3. The highest BCUT2D eigenvalue weighted by atomic mass is 16.2. The molecular weight excluding hydrogens is 478 g/mol. The van der Waals surface area contributed by atoms with Crippen LogP contribution in [0.25, 0.3) is 11.0 Å². The van der Waals surface area contributed by atoms with Crippen LogP contribution in [0.3, 0.4) is 0 Å². The zero-order valence-electron chi connectivity index (χ0n) is 22.3. The number of nitrogens with two attached hydrogens (primary N) is 1. The summed E-state index contributed by atoms with van der Waals surface area (Å²) in [5, 5.41) is 2.74. The molecule has 2 amide bonds. The first-order valence-corrected chi connectivity index (χ1v) is 14.0. The molecule has 1 saturated heterocycles. The third-order valence-corrected chi connectivity index (χ3v) is 8.45. The van der Waals surface area contributed by atoms with Crippen LogP contribution >= 0.6 is 0 Å². The lowest BCUT2D eigenvalue weighted by atomic mass is 9.89. The average Bonchev–Trinajstić information content (AvgIpc) is 3.73. The summed E-state index contributed by atoms with van der Waals surface area (Å²) >= 11 is 0. The van der Waals surface area contributed by atoms with Crippen LogP contribution < -0.4 is 11.1 Å². The Morgan fingerprint density at radius 1 is 1.11 bits per heavy atom. The number of fused-ring (bicyclic) bond motifs is 3. The molecule has 3 N–H and O–H groups in total. The summed E-state index contributed by atoms with van der Waals surface area (Å²) in [6.45, 7) is 7.76. The van der Waals surface area contributed by atoms with Gasteiger partial charge in [0.2, 0.25) is 0 Å². The Kier molecular flexibility index (Phi) is 6.55. The fourth-order valence-electron chi connectivity index (χ4n) is 6.14. The summed E-state index contributed by atoms with van der Waals surface area (Å²) in [4.78, 5) is 40.0. The van der Waals surface area contributed by atoms with Crippen molar-refractivity contribution in [2.75, 3.05) is 30.7 Å². The van der Waals surface area contributed by atoms with E-state index >= 15 is 0 Å². The highest BCUT2D eigenvalue weighted by molar-refractivity contribution is 6.39. The van der Waals surface area contributed by atoms with Crippen LogP contribution in [0.2, 0.25) is 0 Å². The maximum atomic E-state index is 13.4. The second-order valence-electron chi connectivity index (χ2n) is 11.2. The minimum atomic E-state index is -0.646. The summed E-state index contributed by atoms with van der Waals surface area (Å²) in [6, 6.07) is 8.81. The molecule has 3 aromatic rings. The molecule has 1 saturated carbocycles. The molecule has 2 fully saturated rings. The predicted octanol–water partition coefficient (Wildman–Crippen LogP) is 3.53. The third-order valence-electron chi connectivity index (χ3n) is 8.45. The van der Waals surface area contributed by atoms with Crippen molar-refractivity contribution in [3.63, 3.8) is 0 Å². The van der Waals surface area contributed by atoms with Crippen LogP contribution in [0.15, 0.2) is 30.5 Å². The fourth-order valence-corrected chi connectivity index (χ4v) is 6.14. The number of imidazole rings is 1. The van der Waals surface area contributed by atoms with E-state index in [-0.39, 0.29) is 6.04 Å². The lowest BCUT2D eigenvalue weighted by molar-refractivity contribution is -0.146. The minimum Gasteiger partial charge on any atom is -0.383 e. The van der Waals surface area contributed by atoms with Crippen molar-refractivity contribution >= 4 is 34.4 Å². The number of nitrogens with one attached hydrogen (secondary N) is 1. The maximum absolute atomic E-state index is 13.4. The van der Waals surface area contributed by atoms with Crippen molar-refractivity contribution in [2.45, 2.75) is 71.0 Å². The standard InChI is InChI=1S/C29H37N7O2/c1-3-19-14-21(16-31-27(19)30)32-28(37)29(38)36-17-18(2)4-8-24(36)20-5-9-25-23(15-20)33-26-10-11-34(22-6-7-22)12-13-35(25)26/h5,9,14-16,18,22,24H,3-4,6-8,10-13,17H2,1-2H3,(H2,30,31)(H,32,37)/t18-,24+/m0/s1. The Bertz CT molecular complexity index is 1380. The molecule has 1 aliphatic carbocycles. The molecule has 0 radical (unpaired) electrons. The largest absolute Gasteiger partial charge is 0.383 e. The van der Waals surface area contributed by atoms with Crippen molar-refractivity contribution in [2.24, 2.45) is 5.92 Å². The van der Waals surface area contributed by atoms with Gasteiger partial charge in [0, 0.05) is 38.6 Å². The quantitative estimate of drug-likeness (QED) is 0.515. The normalized spacial score (nSPS) is 22.2. The van der Waals surface area contributed by atoms with Crippen LogP contribution in [-0.2, 0) is 29.0 Å². The molecule has 0 unspecified atom stereocenters. The van der Waals surface area contributed by atoms with Crippen LogP contribution in [0, 0.1) is 5.92 Å². The molecule has 6 rings (SSSR count). The molecule has 38 heavy (non-hydrogen) atoms. The van der Waals surface area contributed by atoms with Crippen molar-refractivity contribution in [1.29, 1.82) is 0 Å². The summed E-state index contributed by atoms with van der Waals surface area (Å²) in [5.74, 6) is 0.752. The highest BCUT2D eigenvalue weighted by Crippen LogP contribution is 2.35. The average molecular weight is 516 g/mol. The van der Waals surface area contributed by atoms with E-state index in [9.17, 15) is 9.59 Å². The van der Waals surface area contributed by atoms with Crippen molar-refractivity contribution in [3.05, 3.63) is 47.4 Å². The molecule has 2 atom stereocenters. The van der Waals surface area contributed by atoms with Gasteiger partial charge in [-0.3, -0.25) is 14.5 Å². The molecule has 9 nitrogen and oxygen atoms in total. The van der Waals surface area contributed by atoms with Crippen molar-refractivity contribution < 1.29 is 9.59 Å². The number of pyridine rings is 1. The molecule has 1 aromatic carbocycles. The number of nitrogens with zero attached hydrogens (tertiary/aromatic N) is 5. The monoisotopic (exact) mass is 515 g/mol. The first-order chi connectivity index (χ1) is 18.4. The number of carbonyl (C=O) groups excluding carboxylic acids is 2. The Labute approximate surface area is 223 Å². The van der Waals surface area contributed by atoms with E-state index in [0.29, 0.717) is 30.4 Å². The third kappa shape index (κ3) is 4.75. The molecule has 3 aliphatic rings. The predicted molar refractivity (Wildman–Crippen MR) is 148 cm³/mol. The fraction of sp³-hybridized carbons (Fsp3) is 0.517. The second-order valence-corrected chi connectivity index (χ2v) is 11.2. The van der Waals surface area contributed by atoms with Gasteiger partial charge in [-0.05, 0) is 67.3 Å². The number of carbonyl (C=O) groups is 2. The number of hydrogen-bond acceptors (Lipinski definition) is 6. The van der Waals surface area contributed by atoms with E-state index in [1.165, 1.54) is 19.0 Å². The Morgan fingerprint density at radius 3 is 2.74 bits per heavy atom. The van der Waals surface area contributed by atoms with Crippen LogP contribution in [0.5, 0.6) is 0 Å². The second kappa shape index (κ2) is 10.0. The number of rotatable bonds is 4. The highest BCUT2D eigenvalue weighted by Gasteiger charge is 2.35. The van der Waals surface area contributed by atoms with E-state index in [1.54, 1.807) is 11.0 Å². The van der Waals surface area contributed by atoms with Gasteiger partial charge in [-0.25, -0.2) is 9.97 Å². The number of likely N-dealkylation sites (tertiary alicyclic amines) is 1. The summed E-state index contributed by atoms with van der Waals surface area (Å²) in [5.41, 5.74) is 10.4. The number of aryl methyl sites for hydroxylation is 1. The SMILES string of the molecule is CCc1cc(NC(=O)C(=O)N2C[C@@H](C)CC[C@@H]2c2ccc3c(c2)nc2n3CCN(C3CC3)CC2)cnc1N. The molecule has 9 heteroatoms. The minimum absolute atomic E-state index is 0.156. The summed E-state index contributed by atoms with van der Waals surface area (Å²) in [6.07, 6.45) is 7.64. The molecule has 2 aromatic heterocycles. The summed E-state index contributed by atoms with van der Waals surface area (Å²) in [7, 11) is 0. The van der Waals surface area contributed by atoms with E-state index in [0.717, 1.165) is 72.9 Å². The van der Waals surface area contributed by atoms with Gasteiger partial charge in [0.15, 0.2) is 0 Å². The summed E-state index contributed by atoms with van der Waals surface area (Å²) < 4.78 is 2.37. The van der Waals surface area contributed by atoms with Crippen molar-refractivity contribution in [1.82, 2.24) is 24.3 Å². The number of amides is 2. The first kappa shape index (κ1) is 24.9. The number of benzene rings is 1. The van der Waals surface area contributed by atoms with Gasteiger partial charge >= 0.3 is 11.8 Å². The Balaban J connectivity index is 1.22. The van der Waals surface area contributed by atoms with E-state index in [4.69, 9.17) is 10.7 Å². The Morgan fingerprint density at radius 2 is 1.95 bits per heavy atom. The first-order valence-electron chi connectivity index (χ1n) is 14.0. The molecular formula is C29H37N7O2. The number of hydrogen-bond donors (Lipinski definition) is 2. The van der Waals surface area contributed by atoms with Gasteiger partial charge in [-0.2, -0.15) is 0 Å². The van der Waals surface area contributed by atoms with Gasteiger partial charge in [0.25, 0.3) is 0 Å². The zero-order chi connectivity index (χ0) is 26.4. The number of aromatic nitrogens is 3. The number of anilines is 2. The van der Waals surface area contributed by atoms with Gasteiger partial charge in [0.05, 0.1) is 29.0 Å². The topological polar surface area (TPSA) is 109 Å². The van der Waals surface area contributed by atoms with E-state index < -0.39 is 11.8 Å². The Hall–Kier alpha value is -3.46.